The highest BCUT2D eigenvalue weighted by Gasteiger charge is 2.21. The van der Waals surface area contributed by atoms with Gasteiger partial charge in [0.1, 0.15) is 5.56 Å². The Morgan fingerprint density at radius 2 is 1.96 bits per heavy atom. The highest BCUT2D eigenvalue weighted by molar-refractivity contribution is 9.10. The number of amides is 1. The molecule has 1 amide bonds. The fourth-order valence-corrected chi connectivity index (χ4v) is 2.64. The number of anilines is 1. The lowest BCUT2D eigenvalue weighted by atomic mass is 10.2. The summed E-state index contributed by atoms with van der Waals surface area (Å²) in [5.41, 5.74) is 1.30. The summed E-state index contributed by atoms with van der Waals surface area (Å²) in [6.45, 7) is 0.600. The van der Waals surface area contributed by atoms with E-state index >= 15 is 0 Å². The maximum absolute atomic E-state index is 12.3. The summed E-state index contributed by atoms with van der Waals surface area (Å²) >= 11 is 3.34. The van der Waals surface area contributed by atoms with Crippen molar-refractivity contribution in [1.82, 2.24) is 19.6 Å². The number of halogens is 1. The van der Waals surface area contributed by atoms with Crippen molar-refractivity contribution in [2.24, 2.45) is 7.05 Å². The Kier molecular flexibility index (Phi) is 4.66. The molecule has 0 aliphatic rings. The van der Waals surface area contributed by atoms with Gasteiger partial charge in [-0.05, 0) is 33.6 Å². The summed E-state index contributed by atoms with van der Waals surface area (Å²) in [5.74, 6) is -1.76. The predicted octanol–water partition coefficient (Wildman–Crippen LogP) is 2.38. The van der Waals surface area contributed by atoms with Gasteiger partial charge in [0.25, 0.3) is 5.91 Å². The zero-order valence-corrected chi connectivity index (χ0v) is 14.8. The van der Waals surface area contributed by atoms with Gasteiger partial charge in [0, 0.05) is 25.1 Å². The number of aromatic carboxylic acids is 1. The van der Waals surface area contributed by atoms with E-state index in [1.807, 2.05) is 18.3 Å². The number of aryl methyl sites for hydroxylation is 1. The van der Waals surface area contributed by atoms with E-state index in [2.05, 4.69) is 31.4 Å². The molecule has 9 heteroatoms. The van der Waals surface area contributed by atoms with Crippen molar-refractivity contribution < 1.29 is 14.7 Å². The van der Waals surface area contributed by atoms with Crippen LogP contribution in [0.4, 0.5) is 5.69 Å². The highest BCUT2D eigenvalue weighted by atomic mass is 79.9. The van der Waals surface area contributed by atoms with Gasteiger partial charge >= 0.3 is 5.97 Å². The third-order valence-electron chi connectivity index (χ3n) is 3.43. The summed E-state index contributed by atoms with van der Waals surface area (Å²) in [6, 6.07) is 7.22. The van der Waals surface area contributed by atoms with Crippen LogP contribution in [0.1, 0.15) is 26.4 Å². The lowest BCUT2D eigenvalue weighted by molar-refractivity contribution is 0.0692. The monoisotopic (exact) mass is 403 g/mol. The van der Waals surface area contributed by atoms with Gasteiger partial charge in [0.05, 0.1) is 17.2 Å². The molecule has 0 unspecified atom stereocenters. The van der Waals surface area contributed by atoms with Crippen LogP contribution in [0, 0.1) is 0 Å². The topological polar surface area (TPSA) is 102 Å². The molecule has 0 radical (unpaired) electrons. The van der Waals surface area contributed by atoms with Gasteiger partial charge < -0.3 is 10.4 Å². The molecule has 0 fully saturated rings. The smallest absolute Gasteiger partial charge is 0.339 e. The molecule has 2 aromatic heterocycles. The molecular formula is C16H14BrN5O3. The van der Waals surface area contributed by atoms with Crippen molar-refractivity contribution in [1.29, 1.82) is 0 Å². The van der Waals surface area contributed by atoms with E-state index in [1.165, 1.54) is 10.9 Å². The Balaban J connectivity index is 1.71. The lowest BCUT2D eigenvalue weighted by Crippen LogP contribution is -2.16. The van der Waals surface area contributed by atoms with Crippen LogP contribution in [0.5, 0.6) is 0 Å². The number of nitrogens with zero attached hydrogens (tertiary/aromatic N) is 4. The second-order valence-corrected chi connectivity index (χ2v) is 6.29. The first-order chi connectivity index (χ1) is 11.9. The number of hydrogen-bond donors (Lipinski definition) is 2. The molecule has 128 valence electrons. The molecule has 0 saturated heterocycles. The summed E-state index contributed by atoms with van der Waals surface area (Å²) in [4.78, 5) is 23.4. The second-order valence-electron chi connectivity index (χ2n) is 5.38. The Morgan fingerprint density at radius 3 is 2.56 bits per heavy atom. The van der Waals surface area contributed by atoms with Gasteiger partial charge in [-0.25, -0.2) is 4.79 Å². The average molecular weight is 404 g/mol. The van der Waals surface area contributed by atoms with Crippen molar-refractivity contribution in [3.63, 3.8) is 0 Å². The molecule has 0 saturated carbocycles. The fourth-order valence-electron chi connectivity index (χ4n) is 2.31. The van der Waals surface area contributed by atoms with E-state index in [0.717, 1.165) is 10.0 Å². The molecule has 3 aromatic rings. The third-order valence-corrected chi connectivity index (χ3v) is 3.84. The Hall–Kier alpha value is -2.94. The van der Waals surface area contributed by atoms with Gasteiger partial charge in [-0.2, -0.15) is 10.2 Å². The van der Waals surface area contributed by atoms with Gasteiger partial charge in [0.15, 0.2) is 5.69 Å². The van der Waals surface area contributed by atoms with Crippen molar-refractivity contribution in [2.75, 3.05) is 5.32 Å². The molecule has 0 bridgehead atoms. The van der Waals surface area contributed by atoms with Crippen LogP contribution in [0.3, 0.4) is 0 Å². The minimum atomic E-state index is -1.20. The molecule has 25 heavy (non-hydrogen) atoms. The van der Waals surface area contributed by atoms with Gasteiger partial charge in [-0.15, -0.1) is 0 Å². The van der Waals surface area contributed by atoms with Crippen molar-refractivity contribution in [3.05, 3.63) is 64.1 Å². The fraction of sp³-hybridized carbons (Fsp3) is 0.125. The summed E-state index contributed by atoms with van der Waals surface area (Å²) in [6.07, 6.45) is 4.87. The van der Waals surface area contributed by atoms with Crippen LogP contribution in [-0.4, -0.2) is 36.5 Å². The SMILES string of the molecule is Cn1cc(C(=O)O)c(C(=O)Nc2ccc(Cn3cc(Br)cn3)cc2)n1. The number of carbonyl (C=O) groups is 2. The number of carboxylic acid groups (broad SMARTS) is 1. The summed E-state index contributed by atoms with van der Waals surface area (Å²) in [7, 11) is 1.56. The van der Waals surface area contributed by atoms with Crippen LogP contribution in [0.15, 0.2) is 47.3 Å². The third kappa shape index (κ3) is 3.94. The van der Waals surface area contributed by atoms with Crippen molar-refractivity contribution >= 4 is 33.5 Å². The molecular weight excluding hydrogens is 390 g/mol. The zero-order chi connectivity index (χ0) is 18.0. The van der Waals surface area contributed by atoms with Crippen LogP contribution in [0.25, 0.3) is 0 Å². The number of aromatic nitrogens is 4. The number of carboxylic acids is 1. The second kappa shape index (κ2) is 6.89. The normalized spacial score (nSPS) is 10.6. The van der Waals surface area contributed by atoms with Gasteiger partial charge in [0.2, 0.25) is 0 Å². The number of benzene rings is 1. The van der Waals surface area contributed by atoms with Gasteiger partial charge in [-0.1, -0.05) is 12.1 Å². The average Bonchev–Trinajstić information content (AvgIpc) is 3.15. The van der Waals surface area contributed by atoms with Crippen LogP contribution in [-0.2, 0) is 13.6 Å². The number of nitrogens with one attached hydrogen (secondary N) is 1. The highest BCUT2D eigenvalue weighted by Crippen LogP contribution is 2.14. The maximum atomic E-state index is 12.3. The first-order valence-electron chi connectivity index (χ1n) is 7.27. The molecule has 0 aliphatic carbocycles. The first-order valence-corrected chi connectivity index (χ1v) is 8.07. The standard InChI is InChI=1S/C16H14BrN5O3/c1-21-9-13(16(24)25)14(20-21)15(23)19-12-4-2-10(3-5-12)7-22-8-11(17)6-18-22/h2-6,8-9H,7H2,1H3,(H,19,23)(H,24,25). The number of hydrogen-bond acceptors (Lipinski definition) is 4. The molecule has 2 heterocycles. The van der Waals surface area contributed by atoms with E-state index in [4.69, 9.17) is 5.11 Å². The minimum absolute atomic E-state index is 0.125. The Bertz CT molecular complexity index is 930. The molecule has 0 spiro atoms. The van der Waals surface area contributed by atoms with Crippen LogP contribution < -0.4 is 5.32 Å². The van der Waals surface area contributed by atoms with Crippen molar-refractivity contribution in [3.8, 4) is 0 Å². The largest absolute Gasteiger partial charge is 0.478 e. The molecule has 8 nitrogen and oxygen atoms in total. The minimum Gasteiger partial charge on any atom is -0.478 e. The molecule has 0 aliphatic heterocycles. The molecule has 2 N–H and O–H groups in total. The zero-order valence-electron chi connectivity index (χ0n) is 13.2. The predicted molar refractivity (Wildman–Crippen MR) is 93.6 cm³/mol. The quantitative estimate of drug-likeness (QED) is 0.680. The van der Waals surface area contributed by atoms with E-state index in [1.54, 1.807) is 30.1 Å². The number of carbonyl (C=O) groups excluding carboxylic acids is 1. The lowest BCUT2D eigenvalue weighted by Gasteiger charge is -2.06. The van der Waals surface area contributed by atoms with E-state index in [0.29, 0.717) is 12.2 Å². The number of rotatable bonds is 5. The summed E-state index contributed by atoms with van der Waals surface area (Å²) < 4.78 is 3.98. The van der Waals surface area contributed by atoms with Crippen LogP contribution >= 0.6 is 15.9 Å². The van der Waals surface area contributed by atoms with E-state index in [-0.39, 0.29) is 11.3 Å². The van der Waals surface area contributed by atoms with Crippen molar-refractivity contribution in [2.45, 2.75) is 6.54 Å². The Labute approximate surface area is 151 Å². The van der Waals surface area contributed by atoms with Gasteiger partial charge in [-0.3, -0.25) is 14.2 Å². The molecule has 3 rings (SSSR count). The first kappa shape index (κ1) is 16.9. The Morgan fingerprint density at radius 1 is 1.24 bits per heavy atom. The summed E-state index contributed by atoms with van der Waals surface area (Å²) in [5, 5.41) is 19.9. The molecule has 0 atom stereocenters. The van der Waals surface area contributed by atoms with E-state index in [9.17, 15) is 9.59 Å². The van der Waals surface area contributed by atoms with E-state index < -0.39 is 11.9 Å². The van der Waals surface area contributed by atoms with Crippen LogP contribution in [0.2, 0.25) is 0 Å². The maximum Gasteiger partial charge on any atom is 0.339 e. The molecule has 1 aromatic carbocycles.